The van der Waals surface area contributed by atoms with Crippen molar-refractivity contribution in [1.29, 1.82) is 0 Å². The topological polar surface area (TPSA) is 0 Å². The average molecular weight is 508 g/mol. The van der Waals surface area contributed by atoms with Crippen LogP contribution in [0.3, 0.4) is 0 Å². The Labute approximate surface area is 192 Å². The van der Waals surface area contributed by atoms with Gasteiger partial charge in [0.1, 0.15) is 0 Å². The first-order chi connectivity index (χ1) is 13.8. The van der Waals surface area contributed by atoms with Gasteiger partial charge in [0, 0.05) is 0 Å². The monoisotopic (exact) mass is 505 g/mol. The van der Waals surface area contributed by atoms with Crippen molar-refractivity contribution in [2.45, 2.75) is 76.3 Å². The van der Waals surface area contributed by atoms with Crippen molar-refractivity contribution in [3.8, 4) is 11.1 Å². The molecule has 0 amide bonds. The predicted octanol–water partition coefficient (Wildman–Crippen LogP) is 9.33. The first-order valence-electron chi connectivity index (χ1n) is 11.0. The van der Waals surface area contributed by atoms with E-state index in [1.165, 1.54) is 44.5 Å². The number of aryl methyl sites for hydroxylation is 1. The van der Waals surface area contributed by atoms with Crippen LogP contribution in [0.25, 0.3) is 17.2 Å². The summed E-state index contributed by atoms with van der Waals surface area (Å²) >= 11 is -2.46. The second-order valence-electron chi connectivity index (χ2n) is 8.85. The van der Waals surface area contributed by atoms with E-state index in [0.717, 1.165) is 19.3 Å². The Morgan fingerprint density at radius 3 is 2.03 bits per heavy atom. The van der Waals surface area contributed by atoms with E-state index < -0.39 is 19.4 Å². The van der Waals surface area contributed by atoms with Crippen molar-refractivity contribution in [3.63, 3.8) is 0 Å². The standard InChI is InChI=1S/C26H33.2ClH.Zr/c1-7-9-20-10-11-21-12-19(8-2)13-25(21)26(20)24-15-22(17(3)4)14-23(16-24)18(5)6;;;/h10-18H,7-9H2,1-6H3;2*1H;/q;;;+2/p-2. The maximum atomic E-state index is 6.64. The van der Waals surface area contributed by atoms with E-state index in [4.69, 9.17) is 17.0 Å². The molecule has 0 saturated carbocycles. The van der Waals surface area contributed by atoms with Crippen LogP contribution in [0.5, 0.6) is 0 Å². The SMILES string of the molecule is CCCc1ccc2c(c1-c1cc(C(C)C)cc(C(C)C)c1)C=C(CC)[CH]2[Zr]([Cl])[Cl]. The molecule has 1 atom stereocenters. The summed E-state index contributed by atoms with van der Waals surface area (Å²) in [6, 6.07) is 11.9. The van der Waals surface area contributed by atoms with Gasteiger partial charge in [-0.1, -0.05) is 0 Å². The van der Waals surface area contributed by atoms with E-state index in [9.17, 15) is 0 Å². The van der Waals surface area contributed by atoms with Gasteiger partial charge in [-0.15, -0.1) is 0 Å². The van der Waals surface area contributed by atoms with E-state index in [1.54, 1.807) is 0 Å². The maximum absolute atomic E-state index is 6.64. The normalized spacial score (nSPS) is 15.8. The van der Waals surface area contributed by atoms with Crippen molar-refractivity contribution < 1.29 is 19.4 Å². The molecule has 2 aromatic rings. The summed E-state index contributed by atoms with van der Waals surface area (Å²) in [5.74, 6) is 1.03. The molecule has 2 aromatic carbocycles. The molecule has 0 saturated heterocycles. The van der Waals surface area contributed by atoms with Gasteiger partial charge in [0.15, 0.2) is 0 Å². The van der Waals surface area contributed by atoms with Gasteiger partial charge in [0.05, 0.1) is 0 Å². The minimum absolute atomic E-state index is 0.299. The molecule has 0 aliphatic heterocycles. The van der Waals surface area contributed by atoms with Gasteiger partial charge in [-0.3, -0.25) is 0 Å². The number of rotatable bonds is 7. The zero-order valence-corrected chi connectivity index (χ0v) is 22.5. The first kappa shape index (κ1) is 23.3. The number of hydrogen-bond donors (Lipinski definition) is 0. The third-order valence-corrected chi connectivity index (χ3v) is 11.5. The summed E-state index contributed by atoms with van der Waals surface area (Å²) in [6.45, 7) is 13.6. The van der Waals surface area contributed by atoms with Crippen LogP contribution in [-0.4, -0.2) is 0 Å². The zero-order valence-electron chi connectivity index (χ0n) is 18.6. The molecular formula is C26H33Cl2Zr. The molecule has 0 N–H and O–H groups in total. The predicted molar refractivity (Wildman–Crippen MR) is 127 cm³/mol. The van der Waals surface area contributed by atoms with E-state index >= 15 is 0 Å². The van der Waals surface area contributed by atoms with Crippen LogP contribution in [0.2, 0.25) is 0 Å². The Bertz CT molecular complexity index is 883. The van der Waals surface area contributed by atoms with E-state index in [1.807, 2.05) is 0 Å². The molecule has 1 aliphatic carbocycles. The number of hydrogen-bond acceptors (Lipinski definition) is 0. The van der Waals surface area contributed by atoms with Crippen molar-refractivity contribution in [2.24, 2.45) is 0 Å². The van der Waals surface area contributed by atoms with Crippen molar-refractivity contribution in [2.75, 3.05) is 0 Å². The van der Waals surface area contributed by atoms with Crippen LogP contribution < -0.4 is 0 Å². The second kappa shape index (κ2) is 9.85. The molecule has 29 heavy (non-hydrogen) atoms. The van der Waals surface area contributed by atoms with Crippen LogP contribution in [0, 0.1) is 0 Å². The van der Waals surface area contributed by atoms with Gasteiger partial charge in [-0.05, 0) is 0 Å². The summed E-state index contributed by atoms with van der Waals surface area (Å²) in [6.07, 6.45) is 5.68. The van der Waals surface area contributed by atoms with Crippen LogP contribution in [0.1, 0.15) is 97.7 Å². The van der Waals surface area contributed by atoms with Gasteiger partial charge in [0.25, 0.3) is 0 Å². The summed E-state index contributed by atoms with van der Waals surface area (Å²) in [5.41, 5.74) is 11.3. The van der Waals surface area contributed by atoms with Crippen LogP contribution >= 0.6 is 17.0 Å². The van der Waals surface area contributed by atoms with Crippen molar-refractivity contribution >= 4 is 23.1 Å². The number of halogens is 2. The molecule has 1 aliphatic rings. The zero-order chi connectivity index (χ0) is 21.3. The number of fused-ring (bicyclic) bond motifs is 1. The molecular weight excluding hydrogens is 474 g/mol. The number of benzene rings is 2. The van der Waals surface area contributed by atoms with E-state index in [-0.39, 0.29) is 0 Å². The molecule has 0 fully saturated rings. The molecule has 0 heterocycles. The fourth-order valence-electron chi connectivity index (χ4n) is 4.43. The summed E-state index contributed by atoms with van der Waals surface area (Å²) in [4.78, 5) is 0. The Morgan fingerprint density at radius 1 is 0.931 bits per heavy atom. The van der Waals surface area contributed by atoms with Gasteiger partial charge >= 0.3 is 194 Å². The Balaban J connectivity index is 2.31. The number of allylic oxidation sites excluding steroid dienone is 1. The third-order valence-electron chi connectivity index (χ3n) is 6.12. The molecule has 0 spiro atoms. The second-order valence-corrected chi connectivity index (χ2v) is 17.7. The molecule has 1 unspecified atom stereocenters. The van der Waals surface area contributed by atoms with Crippen LogP contribution in [-0.2, 0) is 25.8 Å². The fraction of sp³-hybridized carbons (Fsp3) is 0.462. The fourth-order valence-corrected chi connectivity index (χ4v) is 10.1. The molecule has 0 bridgehead atoms. The summed E-state index contributed by atoms with van der Waals surface area (Å²) < 4.78 is 0.299. The van der Waals surface area contributed by atoms with Gasteiger partial charge in [-0.2, -0.15) is 0 Å². The van der Waals surface area contributed by atoms with Crippen LogP contribution in [0.15, 0.2) is 35.9 Å². The van der Waals surface area contributed by atoms with E-state index in [2.05, 4.69) is 78.0 Å². The van der Waals surface area contributed by atoms with Crippen LogP contribution in [0.4, 0.5) is 0 Å². The molecule has 0 radical (unpaired) electrons. The Hall–Kier alpha value is -0.357. The minimum atomic E-state index is -2.46. The average Bonchev–Trinajstić information content (AvgIpc) is 3.06. The summed E-state index contributed by atoms with van der Waals surface area (Å²) in [5, 5.41) is 0. The molecule has 3 rings (SSSR count). The molecule has 0 nitrogen and oxygen atoms in total. The molecule has 155 valence electrons. The quantitative estimate of drug-likeness (QED) is 0.350. The summed E-state index contributed by atoms with van der Waals surface area (Å²) in [7, 11) is 13.3. The van der Waals surface area contributed by atoms with Gasteiger partial charge < -0.3 is 0 Å². The van der Waals surface area contributed by atoms with Gasteiger partial charge in [0.2, 0.25) is 0 Å². The van der Waals surface area contributed by atoms with Gasteiger partial charge in [-0.25, -0.2) is 0 Å². The Morgan fingerprint density at radius 2 is 1.55 bits per heavy atom. The van der Waals surface area contributed by atoms with Crippen molar-refractivity contribution in [1.82, 2.24) is 0 Å². The van der Waals surface area contributed by atoms with Crippen molar-refractivity contribution in [3.05, 3.63) is 63.7 Å². The molecule has 0 aromatic heterocycles. The van der Waals surface area contributed by atoms with E-state index in [0.29, 0.717) is 15.5 Å². The first-order valence-corrected chi connectivity index (χ1v) is 18.7. The Kier molecular flexibility index (Phi) is 7.91. The third kappa shape index (κ3) is 4.78. The molecule has 3 heteroatoms.